The number of fused-ring (bicyclic) bond motifs is 1. The molecule has 2 spiro atoms. The van der Waals surface area contributed by atoms with Crippen molar-refractivity contribution in [3.8, 4) is 11.5 Å². The third-order valence-electron chi connectivity index (χ3n) is 10.4. The highest BCUT2D eigenvalue weighted by atomic mass is 16.6. The lowest BCUT2D eigenvalue weighted by atomic mass is 9.36. The summed E-state index contributed by atoms with van der Waals surface area (Å²) >= 11 is 0. The van der Waals surface area contributed by atoms with E-state index in [4.69, 9.17) is 18.9 Å². The molecular formula is C30H39NO6. The van der Waals surface area contributed by atoms with Gasteiger partial charge in [0.1, 0.15) is 18.3 Å². The minimum Gasteiger partial charge on any atom is -0.485 e. The number of likely N-dealkylation sites (N-methyl/N-ethyl adjacent to an activating group) is 1. The number of hydrogen-bond acceptors (Lipinski definition) is 7. The summed E-state index contributed by atoms with van der Waals surface area (Å²) in [5.41, 5.74) is 0.678. The van der Waals surface area contributed by atoms with Crippen molar-refractivity contribution in [2.45, 2.75) is 74.7 Å². The SMILES string of the molecule is C=C(COc1ccc2c3c1O[C@H]1[C@]4(OC)C=C[C@]5(C[C@@H]4[C@](C)(O)CCC)[C@@H](C2)N(C)CC[C@]315)C(=O)OC. The maximum atomic E-state index is 11.9. The van der Waals surface area contributed by atoms with Crippen LogP contribution in [0.3, 0.4) is 0 Å². The fourth-order valence-electron chi connectivity index (χ4n) is 8.91. The standard InChI is InChI=1S/C30H39NO6/c1-7-10-27(3,33)21-16-28-11-12-30(21,35-6)26-29(28)13-14-31(4)22(28)15-19-8-9-20(24(37-26)23(19)29)36-17-18(2)25(32)34-5/h8-9,11-12,21-22,26,33H,2,7,10,13-17H2,1,3-6H3/t21-,22-,26-,27-,28+,29+,30+/m1/s1. The molecule has 1 aromatic carbocycles. The Kier molecular flexibility index (Phi) is 5.45. The van der Waals surface area contributed by atoms with Crippen LogP contribution < -0.4 is 9.47 Å². The Labute approximate surface area is 219 Å². The van der Waals surface area contributed by atoms with Crippen molar-refractivity contribution >= 4 is 5.97 Å². The molecule has 7 atom stereocenters. The van der Waals surface area contributed by atoms with Crippen LogP contribution in [0.4, 0.5) is 0 Å². The molecule has 1 aromatic rings. The average molecular weight is 510 g/mol. The van der Waals surface area contributed by atoms with Crippen LogP contribution in [0.2, 0.25) is 0 Å². The number of ether oxygens (including phenoxy) is 4. The Hall–Kier alpha value is -2.35. The van der Waals surface area contributed by atoms with Gasteiger partial charge in [-0.2, -0.15) is 0 Å². The maximum absolute atomic E-state index is 11.9. The van der Waals surface area contributed by atoms with Crippen molar-refractivity contribution in [1.82, 2.24) is 4.90 Å². The van der Waals surface area contributed by atoms with Crippen molar-refractivity contribution in [3.05, 3.63) is 47.6 Å². The van der Waals surface area contributed by atoms with Gasteiger partial charge < -0.3 is 29.0 Å². The van der Waals surface area contributed by atoms with Gasteiger partial charge in [0, 0.05) is 30.0 Å². The fraction of sp³-hybridized carbons (Fsp3) is 0.633. The molecule has 7 nitrogen and oxygen atoms in total. The largest absolute Gasteiger partial charge is 0.485 e. The van der Waals surface area contributed by atoms with Crippen molar-refractivity contribution < 1.29 is 28.8 Å². The van der Waals surface area contributed by atoms with Gasteiger partial charge in [0.25, 0.3) is 0 Å². The molecule has 4 aliphatic carbocycles. The molecule has 7 rings (SSSR count). The molecule has 1 N–H and O–H groups in total. The second-order valence-electron chi connectivity index (χ2n) is 12.0. The summed E-state index contributed by atoms with van der Waals surface area (Å²) in [7, 11) is 5.33. The number of carbonyl (C=O) groups excluding carboxylic acids is 1. The lowest BCUT2D eigenvalue weighted by molar-refractivity contribution is -0.247. The molecule has 37 heavy (non-hydrogen) atoms. The number of piperidine rings is 1. The number of methoxy groups -OCH3 is 2. The number of esters is 1. The first kappa shape index (κ1) is 25.0. The Morgan fingerprint density at radius 2 is 2.11 bits per heavy atom. The minimum atomic E-state index is -0.896. The summed E-state index contributed by atoms with van der Waals surface area (Å²) in [5.74, 6) is 0.777. The average Bonchev–Trinajstić information content (AvgIpc) is 3.26. The van der Waals surface area contributed by atoms with Crippen LogP contribution in [0.15, 0.2) is 36.4 Å². The van der Waals surface area contributed by atoms with Crippen molar-refractivity contribution in [2.75, 3.05) is 34.4 Å². The first-order valence-corrected chi connectivity index (χ1v) is 13.5. The number of benzene rings is 1. The molecule has 200 valence electrons. The maximum Gasteiger partial charge on any atom is 0.336 e. The zero-order valence-corrected chi connectivity index (χ0v) is 22.6. The summed E-state index contributed by atoms with van der Waals surface area (Å²) in [6.07, 6.45) is 8.66. The van der Waals surface area contributed by atoms with Gasteiger partial charge in [-0.15, -0.1) is 0 Å². The highest BCUT2D eigenvalue weighted by Crippen LogP contribution is 2.75. The smallest absolute Gasteiger partial charge is 0.336 e. The van der Waals surface area contributed by atoms with E-state index in [0.717, 1.165) is 38.0 Å². The number of rotatable bonds is 8. The van der Waals surface area contributed by atoms with Crippen LogP contribution in [-0.4, -0.2) is 73.7 Å². The van der Waals surface area contributed by atoms with E-state index in [1.54, 1.807) is 7.11 Å². The molecule has 0 amide bonds. The van der Waals surface area contributed by atoms with Gasteiger partial charge in [-0.3, -0.25) is 0 Å². The first-order chi connectivity index (χ1) is 17.6. The van der Waals surface area contributed by atoms with E-state index in [9.17, 15) is 9.90 Å². The number of aliphatic hydroxyl groups is 1. The Morgan fingerprint density at radius 1 is 1.32 bits per heavy atom. The van der Waals surface area contributed by atoms with Crippen LogP contribution >= 0.6 is 0 Å². The number of likely N-dealkylation sites (tertiary alicyclic amines) is 1. The molecule has 1 saturated carbocycles. The predicted octanol–water partition coefficient (Wildman–Crippen LogP) is 3.57. The van der Waals surface area contributed by atoms with Crippen LogP contribution in [0.1, 0.15) is 50.7 Å². The second kappa shape index (κ2) is 8.08. The van der Waals surface area contributed by atoms with Gasteiger partial charge >= 0.3 is 5.97 Å². The van der Waals surface area contributed by atoms with Crippen molar-refractivity contribution in [1.29, 1.82) is 0 Å². The Morgan fingerprint density at radius 3 is 2.81 bits per heavy atom. The van der Waals surface area contributed by atoms with E-state index in [-0.39, 0.29) is 35.0 Å². The van der Waals surface area contributed by atoms with Crippen LogP contribution in [-0.2, 0) is 26.1 Å². The number of hydrogen-bond donors (Lipinski definition) is 1. The summed E-state index contributed by atoms with van der Waals surface area (Å²) < 4.78 is 24.4. The van der Waals surface area contributed by atoms with E-state index in [1.807, 2.05) is 13.0 Å². The first-order valence-electron chi connectivity index (χ1n) is 13.5. The van der Waals surface area contributed by atoms with Gasteiger partial charge in [-0.25, -0.2) is 4.79 Å². The number of nitrogens with zero attached hydrogens (tertiary/aromatic N) is 1. The molecule has 0 radical (unpaired) electrons. The zero-order valence-electron chi connectivity index (χ0n) is 22.6. The van der Waals surface area contributed by atoms with E-state index in [1.165, 1.54) is 18.2 Å². The molecule has 4 bridgehead atoms. The van der Waals surface area contributed by atoms with Crippen LogP contribution in [0.25, 0.3) is 0 Å². The predicted molar refractivity (Wildman–Crippen MR) is 139 cm³/mol. The molecule has 0 aromatic heterocycles. The molecule has 2 aliphatic heterocycles. The lowest BCUT2D eigenvalue weighted by Gasteiger charge is -2.72. The number of carbonyl (C=O) groups is 1. The van der Waals surface area contributed by atoms with Gasteiger partial charge in [-0.05, 0) is 57.8 Å². The van der Waals surface area contributed by atoms with Crippen molar-refractivity contribution in [3.63, 3.8) is 0 Å². The topological polar surface area (TPSA) is 77.5 Å². The lowest BCUT2D eigenvalue weighted by Crippen LogP contribution is -2.80. The fourth-order valence-corrected chi connectivity index (χ4v) is 8.91. The molecule has 6 aliphatic rings. The van der Waals surface area contributed by atoms with E-state index >= 15 is 0 Å². The van der Waals surface area contributed by atoms with E-state index < -0.39 is 17.2 Å². The summed E-state index contributed by atoms with van der Waals surface area (Å²) in [6, 6.07) is 4.43. The molecular weight excluding hydrogens is 470 g/mol. The van der Waals surface area contributed by atoms with Gasteiger partial charge in [-0.1, -0.05) is 38.1 Å². The minimum absolute atomic E-state index is 0.0253. The third kappa shape index (κ3) is 2.91. The molecule has 0 unspecified atom stereocenters. The normalized spacial score (nSPS) is 37.9. The van der Waals surface area contributed by atoms with Crippen LogP contribution in [0.5, 0.6) is 11.5 Å². The summed E-state index contributed by atoms with van der Waals surface area (Å²) in [4.78, 5) is 14.4. The van der Waals surface area contributed by atoms with Crippen LogP contribution in [0, 0.1) is 11.3 Å². The quantitative estimate of drug-likeness (QED) is 0.326. The third-order valence-corrected chi connectivity index (χ3v) is 10.4. The van der Waals surface area contributed by atoms with Gasteiger partial charge in [0.2, 0.25) is 0 Å². The Bertz CT molecular complexity index is 1190. The molecule has 2 fully saturated rings. The monoisotopic (exact) mass is 509 g/mol. The van der Waals surface area contributed by atoms with E-state index in [0.29, 0.717) is 18.2 Å². The van der Waals surface area contributed by atoms with E-state index in [2.05, 4.69) is 43.7 Å². The molecule has 1 saturated heterocycles. The summed E-state index contributed by atoms with van der Waals surface area (Å²) in [5, 5.41) is 11.9. The highest BCUT2D eigenvalue weighted by molar-refractivity contribution is 5.87. The highest BCUT2D eigenvalue weighted by Gasteiger charge is 2.80. The van der Waals surface area contributed by atoms with Crippen molar-refractivity contribution in [2.24, 2.45) is 11.3 Å². The Balaban J connectivity index is 1.52. The molecule has 7 heteroatoms. The van der Waals surface area contributed by atoms with Gasteiger partial charge in [0.15, 0.2) is 11.5 Å². The molecule has 2 heterocycles. The van der Waals surface area contributed by atoms with Gasteiger partial charge in [0.05, 0.1) is 23.7 Å². The second-order valence-corrected chi connectivity index (χ2v) is 12.0. The zero-order chi connectivity index (χ0) is 26.4. The summed E-state index contributed by atoms with van der Waals surface area (Å²) in [6.45, 7) is 8.90.